The number of rotatable bonds is 10. The van der Waals surface area contributed by atoms with Gasteiger partial charge in [-0.3, -0.25) is 5.43 Å². The maximum absolute atomic E-state index is 6.12. The number of nitrogens with zero attached hydrogens (tertiary/aromatic N) is 3. The van der Waals surface area contributed by atoms with E-state index in [1.54, 1.807) is 14.2 Å². The number of aromatic nitrogens is 2. The third-order valence-electron chi connectivity index (χ3n) is 6.58. The molecular weight excluding hydrogens is 466 g/mol. The van der Waals surface area contributed by atoms with Crippen LogP contribution in [0.1, 0.15) is 30.4 Å². The van der Waals surface area contributed by atoms with Gasteiger partial charge in [-0.1, -0.05) is 24.3 Å². The molecular formula is C29H33N5O3. The zero-order valence-corrected chi connectivity index (χ0v) is 21.4. The molecule has 0 unspecified atom stereocenters. The number of para-hydroxylation sites is 1. The van der Waals surface area contributed by atoms with Crippen molar-refractivity contribution in [3.63, 3.8) is 0 Å². The number of ether oxygens (including phenoxy) is 3. The lowest BCUT2D eigenvalue weighted by Gasteiger charge is -2.28. The number of hydrogen-bond donors (Lipinski definition) is 2. The molecule has 0 radical (unpaired) electrons. The van der Waals surface area contributed by atoms with Crippen molar-refractivity contribution in [3.05, 3.63) is 71.9 Å². The van der Waals surface area contributed by atoms with Gasteiger partial charge in [0.05, 0.1) is 32.7 Å². The highest BCUT2D eigenvalue weighted by Gasteiger charge is 2.15. The lowest BCUT2D eigenvalue weighted by atomic mass is 10.1. The van der Waals surface area contributed by atoms with Crippen LogP contribution in [0.15, 0.2) is 65.9 Å². The average Bonchev–Trinajstić information content (AvgIpc) is 3.36. The molecule has 8 heteroatoms. The van der Waals surface area contributed by atoms with Crippen LogP contribution in [0, 0.1) is 0 Å². The first-order chi connectivity index (χ1) is 18.2. The molecule has 37 heavy (non-hydrogen) atoms. The van der Waals surface area contributed by atoms with Crippen LogP contribution in [-0.4, -0.2) is 50.1 Å². The zero-order valence-electron chi connectivity index (χ0n) is 21.4. The number of pyridine rings is 1. The van der Waals surface area contributed by atoms with E-state index in [4.69, 9.17) is 19.2 Å². The Labute approximate surface area is 217 Å². The van der Waals surface area contributed by atoms with Crippen LogP contribution >= 0.6 is 0 Å². The Bertz CT molecular complexity index is 1360. The number of anilines is 2. The number of fused-ring (bicyclic) bond motifs is 1. The fourth-order valence-corrected chi connectivity index (χ4v) is 4.60. The first-order valence-corrected chi connectivity index (χ1v) is 12.7. The predicted octanol–water partition coefficient (Wildman–Crippen LogP) is 5.64. The monoisotopic (exact) mass is 499 g/mol. The topological polar surface area (TPSA) is 84.0 Å². The van der Waals surface area contributed by atoms with E-state index in [9.17, 15) is 0 Å². The molecule has 0 saturated carbocycles. The molecule has 2 aromatic heterocycles. The molecule has 0 bridgehead atoms. The summed E-state index contributed by atoms with van der Waals surface area (Å²) in [7, 11) is 3.28. The van der Waals surface area contributed by atoms with Crippen molar-refractivity contribution in [2.45, 2.75) is 25.7 Å². The van der Waals surface area contributed by atoms with Crippen LogP contribution in [0.25, 0.3) is 10.9 Å². The number of hydrogen-bond acceptors (Lipinski definition) is 7. The standard InChI is InChI=1S/C29H33N5O3/c1-35-26-11-10-21(16-27(26)36-2)12-15-37-29-18-23(17-28(32-29)34-13-6-3-7-14-34)33-31-20-22-19-30-25-9-5-4-8-24(22)25/h4-5,8-11,16-20,30H,3,6-7,12-15H2,1-2H3,(H,32,33)/b31-20+. The van der Waals surface area contributed by atoms with Crippen molar-refractivity contribution in [2.24, 2.45) is 5.10 Å². The van der Waals surface area contributed by atoms with Crippen LogP contribution < -0.4 is 24.5 Å². The minimum Gasteiger partial charge on any atom is -0.493 e. The molecule has 1 fully saturated rings. The van der Waals surface area contributed by atoms with Crippen molar-refractivity contribution in [1.82, 2.24) is 9.97 Å². The molecule has 4 aromatic rings. The number of piperidine rings is 1. The third-order valence-corrected chi connectivity index (χ3v) is 6.58. The van der Waals surface area contributed by atoms with Gasteiger partial charge in [-0.2, -0.15) is 10.1 Å². The number of hydrazone groups is 1. The van der Waals surface area contributed by atoms with Gasteiger partial charge in [-0.05, 0) is 43.0 Å². The van der Waals surface area contributed by atoms with Crippen LogP contribution in [0.2, 0.25) is 0 Å². The lowest BCUT2D eigenvalue weighted by Crippen LogP contribution is -2.30. The quantitative estimate of drug-likeness (QED) is 0.217. The summed E-state index contributed by atoms with van der Waals surface area (Å²) in [6.45, 7) is 2.49. The molecule has 192 valence electrons. The molecule has 5 rings (SSSR count). The van der Waals surface area contributed by atoms with Crippen LogP contribution in [-0.2, 0) is 6.42 Å². The molecule has 2 N–H and O–H groups in total. The second kappa shape index (κ2) is 11.7. The summed E-state index contributed by atoms with van der Waals surface area (Å²) in [6, 6.07) is 18.0. The molecule has 2 aromatic carbocycles. The Morgan fingerprint density at radius 1 is 1.00 bits per heavy atom. The summed E-state index contributed by atoms with van der Waals surface area (Å²) in [5.74, 6) is 2.92. The molecule has 1 saturated heterocycles. The maximum atomic E-state index is 6.12. The number of H-pyrrole nitrogens is 1. The highest BCUT2D eigenvalue weighted by molar-refractivity contribution is 5.99. The Balaban J connectivity index is 1.30. The zero-order chi connectivity index (χ0) is 25.5. The van der Waals surface area contributed by atoms with Gasteiger partial charge >= 0.3 is 0 Å². The second-order valence-electron chi connectivity index (χ2n) is 9.05. The van der Waals surface area contributed by atoms with Crippen molar-refractivity contribution in [2.75, 3.05) is 44.2 Å². The van der Waals surface area contributed by atoms with E-state index in [0.717, 1.165) is 53.0 Å². The summed E-state index contributed by atoms with van der Waals surface area (Å²) in [4.78, 5) is 10.4. The fourth-order valence-electron chi connectivity index (χ4n) is 4.60. The Kier molecular flexibility index (Phi) is 7.74. The Morgan fingerprint density at radius 2 is 1.84 bits per heavy atom. The first kappa shape index (κ1) is 24.5. The van der Waals surface area contributed by atoms with Crippen molar-refractivity contribution in [3.8, 4) is 17.4 Å². The molecule has 0 amide bonds. The van der Waals surface area contributed by atoms with E-state index < -0.39 is 0 Å². The predicted molar refractivity (Wildman–Crippen MR) is 149 cm³/mol. The lowest BCUT2D eigenvalue weighted by molar-refractivity contribution is 0.309. The van der Waals surface area contributed by atoms with Crippen LogP contribution in [0.4, 0.5) is 11.5 Å². The van der Waals surface area contributed by atoms with Crippen molar-refractivity contribution in [1.29, 1.82) is 0 Å². The minimum absolute atomic E-state index is 0.490. The van der Waals surface area contributed by atoms with E-state index >= 15 is 0 Å². The van der Waals surface area contributed by atoms with Gasteiger partial charge in [0, 0.05) is 54.3 Å². The van der Waals surface area contributed by atoms with Gasteiger partial charge in [-0.15, -0.1) is 0 Å². The summed E-state index contributed by atoms with van der Waals surface area (Å²) in [5, 5.41) is 5.64. The average molecular weight is 500 g/mol. The van der Waals surface area contributed by atoms with Crippen molar-refractivity contribution >= 4 is 28.6 Å². The van der Waals surface area contributed by atoms with Crippen molar-refractivity contribution < 1.29 is 14.2 Å². The van der Waals surface area contributed by atoms with Gasteiger partial charge in [0.15, 0.2) is 11.5 Å². The third kappa shape index (κ3) is 5.97. The van der Waals surface area contributed by atoms with Gasteiger partial charge in [0.1, 0.15) is 5.82 Å². The van der Waals surface area contributed by atoms with Crippen LogP contribution in [0.5, 0.6) is 17.4 Å². The molecule has 3 heterocycles. The number of nitrogens with one attached hydrogen (secondary N) is 2. The van der Waals surface area contributed by atoms with Gasteiger partial charge < -0.3 is 24.1 Å². The molecule has 1 aliphatic rings. The SMILES string of the molecule is COc1ccc(CCOc2cc(N/N=C/c3c[nH]c4ccccc34)cc(N3CCCCC3)n2)cc1OC. The largest absolute Gasteiger partial charge is 0.493 e. The van der Waals surface area contributed by atoms with E-state index in [2.05, 4.69) is 32.5 Å². The maximum Gasteiger partial charge on any atom is 0.217 e. The van der Waals surface area contributed by atoms with Gasteiger partial charge in [-0.25, -0.2) is 0 Å². The molecule has 0 aliphatic carbocycles. The number of aromatic amines is 1. The summed E-state index contributed by atoms with van der Waals surface area (Å²) in [6.07, 6.45) is 8.12. The van der Waals surface area contributed by atoms with E-state index in [0.29, 0.717) is 24.0 Å². The second-order valence-corrected chi connectivity index (χ2v) is 9.05. The highest BCUT2D eigenvalue weighted by Crippen LogP contribution is 2.29. The van der Waals surface area contributed by atoms with Gasteiger partial charge in [0.2, 0.25) is 5.88 Å². The fraction of sp³-hybridized carbons (Fsp3) is 0.310. The summed E-state index contributed by atoms with van der Waals surface area (Å²) < 4.78 is 16.9. The van der Waals surface area contributed by atoms with E-state index in [1.807, 2.05) is 54.9 Å². The Morgan fingerprint density at radius 3 is 2.68 bits per heavy atom. The number of methoxy groups -OCH3 is 2. The van der Waals surface area contributed by atoms with Crippen LogP contribution in [0.3, 0.4) is 0 Å². The van der Waals surface area contributed by atoms with Gasteiger partial charge in [0.25, 0.3) is 0 Å². The Hall–Kier alpha value is -4.20. The smallest absolute Gasteiger partial charge is 0.217 e. The summed E-state index contributed by atoms with van der Waals surface area (Å²) >= 11 is 0. The molecule has 1 aliphatic heterocycles. The molecule has 0 atom stereocenters. The summed E-state index contributed by atoms with van der Waals surface area (Å²) in [5.41, 5.74) is 7.24. The number of benzene rings is 2. The minimum atomic E-state index is 0.490. The van der Waals surface area contributed by atoms with E-state index in [1.165, 1.54) is 19.3 Å². The van der Waals surface area contributed by atoms with E-state index in [-0.39, 0.29) is 0 Å². The highest BCUT2D eigenvalue weighted by atomic mass is 16.5. The molecule has 0 spiro atoms. The molecule has 8 nitrogen and oxygen atoms in total. The first-order valence-electron chi connectivity index (χ1n) is 12.7. The normalized spacial score (nSPS) is 13.7.